The molecule has 0 aromatic heterocycles. The zero-order chi connectivity index (χ0) is 14.8. The van der Waals surface area contributed by atoms with E-state index in [0.717, 1.165) is 4.90 Å². The van der Waals surface area contributed by atoms with Crippen molar-refractivity contribution in [3.8, 4) is 5.75 Å². The third-order valence-corrected chi connectivity index (χ3v) is 2.78. The summed E-state index contributed by atoms with van der Waals surface area (Å²) in [5.41, 5.74) is 2.43. The van der Waals surface area contributed by atoms with E-state index in [1.54, 1.807) is 12.1 Å². The predicted octanol–water partition coefficient (Wildman–Crippen LogP) is 1.94. The van der Waals surface area contributed by atoms with Crippen molar-refractivity contribution < 1.29 is 22.7 Å². The maximum atomic E-state index is 12.7. The molecule has 1 aromatic carbocycles. The summed E-state index contributed by atoms with van der Waals surface area (Å²) in [6.07, 6.45) is -4.82. The van der Waals surface area contributed by atoms with Crippen molar-refractivity contribution in [3.05, 3.63) is 24.3 Å². The Bertz CT molecular complexity index is 472. The summed E-state index contributed by atoms with van der Waals surface area (Å²) in [6.45, 7) is 0.645. The van der Waals surface area contributed by atoms with Crippen LogP contribution in [0.5, 0.6) is 5.75 Å². The second-order valence-corrected chi connectivity index (χ2v) is 4.27. The second kappa shape index (κ2) is 5.08. The van der Waals surface area contributed by atoms with Gasteiger partial charge in [0.1, 0.15) is 5.75 Å². The normalized spacial score (nSPS) is 14.7. The van der Waals surface area contributed by atoms with Gasteiger partial charge in [-0.1, -0.05) is 6.07 Å². The largest absolute Gasteiger partial charge is 0.497 e. The summed E-state index contributed by atoms with van der Waals surface area (Å²) in [5, 5.41) is 0. The number of halogens is 3. The smallest absolute Gasteiger partial charge is 0.415 e. The highest BCUT2D eigenvalue weighted by atomic mass is 19.4. The lowest BCUT2D eigenvalue weighted by Crippen LogP contribution is -2.61. The van der Waals surface area contributed by atoms with Gasteiger partial charge in [-0.3, -0.25) is 4.79 Å². The number of nitrogens with zero attached hydrogens (tertiary/aromatic N) is 1. The van der Waals surface area contributed by atoms with Crippen LogP contribution < -0.4 is 15.4 Å². The molecule has 0 radical (unpaired) electrons. The van der Waals surface area contributed by atoms with E-state index < -0.39 is 17.6 Å². The number of anilines is 1. The predicted molar refractivity (Wildman–Crippen MR) is 65.1 cm³/mol. The first-order valence-corrected chi connectivity index (χ1v) is 5.39. The number of nitrogens with two attached hydrogens (primary N) is 1. The summed E-state index contributed by atoms with van der Waals surface area (Å²) in [6, 6.07) is 6.13. The van der Waals surface area contributed by atoms with Crippen molar-refractivity contribution in [1.29, 1.82) is 0 Å². The van der Waals surface area contributed by atoms with Gasteiger partial charge < -0.3 is 15.4 Å². The van der Waals surface area contributed by atoms with Crippen LogP contribution in [-0.4, -0.2) is 31.8 Å². The number of likely N-dealkylation sites (N-methyl/N-ethyl adjacent to an activating group) is 1. The van der Waals surface area contributed by atoms with Gasteiger partial charge in [0.2, 0.25) is 0 Å². The number of hydrogen-bond donors (Lipinski definition) is 1. The van der Waals surface area contributed by atoms with E-state index in [0.29, 0.717) is 12.7 Å². The number of carbonyl (C=O) groups excluding carboxylic acids is 1. The maximum absolute atomic E-state index is 12.7. The average Bonchev–Trinajstić information content (AvgIpc) is 2.35. The van der Waals surface area contributed by atoms with Crippen LogP contribution >= 0.6 is 0 Å². The lowest BCUT2D eigenvalue weighted by molar-refractivity contribution is -0.185. The Morgan fingerprint density at radius 2 is 1.95 bits per heavy atom. The van der Waals surface area contributed by atoms with Gasteiger partial charge in [-0.2, -0.15) is 13.2 Å². The van der Waals surface area contributed by atoms with Crippen molar-refractivity contribution in [2.24, 2.45) is 5.73 Å². The topological polar surface area (TPSA) is 55.6 Å². The van der Waals surface area contributed by atoms with Crippen LogP contribution in [0.15, 0.2) is 24.3 Å². The van der Waals surface area contributed by atoms with Gasteiger partial charge in [-0.15, -0.1) is 0 Å². The number of ether oxygens (including phenoxy) is 1. The minimum absolute atomic E-state index is 0.269. The zero-order valence-electron chi connectivity index (χ0n) is 10.8. The number of methoxy groups -OCH3 is 1. The fourth-order valence-corrected chi connectivity index (χ4v) is 1.41. The van der Waals surface area contributed by atoms with Crippen molar-refractivity contribution in [2.45, 2.75) is 18.6 Å². The van der Waals surface area contributed by atoms with Gasteiger partial charge in [-0.05, 0) is 19.1 Å². The van der Waals surface area contributed by atoms with Crippen LogP contribution in [0.2, 0.25) is 0 Å². The number of alkyl halides is 3. The molecule has 7 heteroatoms. The van der Waals surface area contributed by atoms with E-state index in [2.05, 4.69) is 0 Å². The molecule has 0 heterocycles. The van der Waals surface area contributed by atoms with Gasteiger partial charge in [0.05, 0.1) is 7.11 Å². The molecule has 106 valence electrons. The molecular formula is C12H15F3N2O2. The minimum atomic E-state index is -4.82. The lowest BCUT2D eigenvalue weighted by Gasteiger charge is -2.31. The first kappa shape index (κ1) is 15.3. The molecule has 0 spiro atoms. The summed E-state index contributed by atoms with van der Waals surface area (Å²) in [7, 11) is 2.65. The van der Waals surface area contributed by atoms with Gasteiger partial charge in [-0.25, -0.2) is 0 Å². The zero-order valence-corrected chi connectivity index (χ0v) is 10.8. The first-order valence-electron chi connectivity index (χ1n) is 5.39. The fraction of sp³-hybridized carbons (Fsp3) is 0.417. The number of amides is 1. The Hall–Kier alpha value is -1.76. The van der Waals surface area contributed by atoms with Crippen molar-refractivity contribution in [1.82, 2.24) is 0 Å². The van der Waals surface area contributed by atoms with Crippen LogP contribution in [0, 0.1) is 0 Å². The van der Waals surface area contributed by atoms with Crippen molar-refractivity contribution in [3.63, 3.8) is 0 Å². The van der Waals surface area contributed by atoms with Gasteiger partial charge in [0.25, 0.3) is 5.91 Å². The minimum Gasteiger partial charge on any atom is -0.497 e. The second-order valence-electron chi connectivity index (χ2n) is 4.27. The molecule has 1 atom stereocenters. The van der Waals surface area contributed by atoms with E-state index in [-0.39, 0.29) is 5.69 Å². The molecule has 1 aromatic rings. The van der Waals surface area contributed by atoms with Crippen molar-refractivity contribution >= 4 is 11.6 Å². The molecule has 2 N–H and O–H groups in total. The molecule has 1 rings (SSSR count). The molecule has 0 aliphatic rings. The first-order chi connectivity index (χ1) is 8.61. The number of benzene rings is 1. The molecule has 0 aliphatic heterocycles. The van der Waals surface area contributed by atoms with E-state index >= 15 is 0 Å². The van der Waals surface area contributed by atoms with E-state index in [4.69, 9.17) is 10.5 Å². The summed E-state index contributed by atoms with van der Waals surface area (Å²) >= 11 is 0. The van der Waals surface area contributed by atoms with E-state index in [1.807, 2.05) is 0 Å². The summed E-state index contributed by atoms with van der Waals surface area (Å²) in [4.78, 5) is 12.7. The van der Waals surface area contributed by atoms with Gasteiger partial charge in [0.15, 0.2) is 5.54 Å². The van der Waals surface area contributed by atoms with Crippen molar-refractivity contribution in [2.75, 3.05) is 19.1 Å². The molecule has 0 aliphatic carbocycles. The van der Waals surface area contributed by atoms with E-state index in [9.17, 15) is 18.0 Å². The molecule has 0 bridgehead atoms. The third-order valence-electron chi connectivity index (χ3n) is 2.78. The Morgan fingerprint density at radius 3 is 2.42 bits per heavy atom. The third kappa shape index (κ3) is 2.98. The number of carbonyl (C=O) groups is 1. The highest BCUT2D eigenvalue weighted by Gasteiger charge is 2.55. The molecule has 19 heavy (non-hydrogen) atoms. The Balaban J connectivity index is 3.06. The summed E-state index contributed by atoms with van der Waals surface area (Å²) < 4.78 is 43.1. The molecule has 1 unspecified atom stereocenters. The number of rotatable bonds is 3. The molecule has 0 saturated heterocycles. The summed E-state index contributed by atoms with van der Waals surface area (Å²) in [5.74, 6) is -0.809. The fourth-order valence-electron chi connectivity index (χ4n) is 1.41. The molecular weight excluding hydrogens is 261 g/mol. The molecule has 0 fully saturated rings. The quantitative estimate of drug-likeness (QED) is 0.918. The van der Waals surface area contributed by atoms with Crippen LogP contribution in [-0.2, 0) is 4.79 Å². The number of hydrogen-bond acceptors (Lipinski definition) is 3. The Morgan fingerprint density at radius 1 is 1.37 bits per heavy atom. The Labute approximate surface area is 108 Å². The van der Waals surface area contributed by atoms with E-state index in [1.165, 1.54) is 26.3 Å². The van der Waals surface area contributed by atoms with Crippen LogP contribution in [0.25, 0.3) is 0 Å². The highest BCUT2D eigenvalue weighted by molar-refractivity contribution is 6.00. The molecule has 1 amide bonds. The molecule has 0 saturated carbocycles. The monoisotopic (exact) mass is 276 g/mol. The molecule has 4 nitrogen and oxygen atoms in total. The average molecular weight is 276 g/mol. The SMILES string of the molecule is COc1cccc(N(C)C(=O)C(C)(N)C(F)(F)F)c1. The van der Waals surface area contributed by atoms with Gasteiger partial charge >= 0.3 is 6.18 Å². The Kier molecular flexibility index (Phi) is 4.09. The highest BCUT2D eigenvalue weighted by Crippen LogP contribution is 2.31. The van der Waals surface area contributed by atoms with Crippen LogP contribution in [0.3, 0.4) is 0 Å². The van der Waals surface area contributed by atoms with Crippen LogP contribution in [0.1, 0.15) is 6.92 Å². The van der Waals surface area contributed by atoms with Crippen LogP contribution in [0.4, 0.5) is 18.9 Å². The standard InChI is InChI=1S/C12H15F3N2O2/c1-11(16,12(13,14)15)10(18)17(2)8-5-4-6-9(7-8)19-3/h4-7H,16H2,1-3H3. The maximum Gasteiger partial charge on any atom is 0.415 e. The lowest BCUT2D eigenvalue weighted by atomic mass is 10.0. The van der Waals surface area contributed by atoms with Gasteiger partial charge in [0, 0.05) is 18.8 Å².